The van der Waals surface area contributed by atoms with Crippen LogP contribution in [0.4, 0.5) is 4.79 Å². The third-order valence-corrected chi connectivity index (χ3v) is 6.50. The summed E-state index contributed by atoms with van der Waals surface area (Å²) in [7, 11) is -3.68. The van der Waals surface area contributed by atoms with Crippen molar-refractivity contribution >= 4 is 27.9 Å². The molecule has 1 aromatic carbocycles. The largest absolute Gasteiger partial charge is 0.452 e. The second kappa shape index (κ2) is 11.1. The van der Waals surface area contributed by atoms with Gasteiger partial charge < -0.3 is 10.1 Å². The van der Waals surface area contributed by atoms with E-state index in [9.17, 15) is 22.8 Å². The molecule has 1 aliphatic carbocycles. The van der Waals surface area contributed by atoms with Gasteiger partial charge in [0.05, 0.1) is 10.5 Å². The van der Waals surface area contributed by atoms with Crippen molar-refractivity contribution in [2.24, 2.45) is 0 Å². The number of sulfonamides is 1. The standard InChI is InChI=1S/C20H29N3O6S/c1-3-14(2)23-30(27,28)17-11-9-15(10-12-17)19(25)29-13-18(24)22-20(26)21-16-7-5-4-6-8-16/h9-12,14,16,23H,3-8,13H2,1-2H3,(H2,21,22,24,26). The summed E-state index contributed by atoms with van der Waals surface area (Å²) in [6.07, 6.45) is 5.65. The number of carbonyl (C=O) groups is 3. The zero-order valence-corrected chi connectivity index (χ0v) is 18.1. The minimum Gasteiger partial charge on any atom is -0.452 e. The van der Waals surface area contributed by atoms with Crippen molar-refractivity contribution in [3.63, 3.8) is 0 Å². The van der Waals surface area contributed by atoms with Crippen molar-refractivity contribution in [3.05, 3.63) is 29.8 Å². The van der Waals surface area contributed by atoms with Gasteiger partial charge in [0.25, 0.3) is 5.91 Å². The van der Waals surface area contributed by atoms with Crippen LogP contribution in [0, 0.1) is 0 Å². The fourth-order valence-electron chi connectivity index (χ4n) is 3.03. The van der Waals surface area contributed by atoms with Gasteiger partial charge in [0.1, 0.15) is 0 Å². The number of carbonyl (C=O) groups excluding carboxylic acids is 3. The van der Waals surface area contributed by atoms with Crippen molar-refractivity contribution in [2.75, 3.05) is 6.61 Å². The summed E-state index contributed by atoms with van der Waals surface area (Å²) in [5.41, 5.74) is 0.0944. The number of urea groups is 1. The van der Waals surface area contributed by atoms with E-state index in [0.29, 0.717) is 6.42 Å². The Balaban J connectivity index is 1.81. The summed E-state index contributed by atoms with van der Waals surface area (Å²) < 4.78 is 31.9. The molecule has 3 amide bonds. The Bertz CT molecular complexity index is 848. The van der Waals surface area contributed by atoms with Gasteiger partial charge >= 0.3 is 12.0 Å². The number of nitrogens with one attached hydrogen (secondary N) is 3. The number of ether oxygens (including phenoxy) is 1. The molecule has 3 N–H and O–H groups in total. The van der Waals surface area contributed by atoms with Crippen LogP contribution >= 0.6 is 0 Å². The molecule has 30 heavy (non-hydrogen) atoms. The number of imide groups is 1. The van der Waals surface area contributed by atoms with Gasteiger partial charge in [0.2, 0.25) is 10.0 Å². The predicted octanol–water partition coefficient (Wildman–Crippen LogP) is 2.08. The topological polar surface area (TPSA) is 131 Å². The van der Waals surface area contributed by atoms with E-state index in [4.69, 9.17) is 4.74 Å². The van der Waals surface area contributed by atoms with Crippen molar-refractivity contribution < 1.29 is 27.5 Å². The van der Waals surface area contributed by atoms with Crippen LogP contribution in [0.15, 0.2) is 29.2 Å². The molecule has 0 spiro atoms. The number of hydrogen-bond donors (Lipinski definition) is 3. The van der Waals surface area contributed by atoms with Gasteiger partial charge in [-0.2, -0.15) is 0 Å². The first kappa shape index (κ1) is 23.8. The Morgan fingerprint density at radius 1 is 1.10 bits per heavy atom. The second-order valence-electron chi connectivity index (χ2n) is 7.39. The van der Waals surface area contributed by atoms with Crippen molar-refractivity contribution in [1.82, 2.24) is 15.4 Å². The summed E-state index contributed by atoms with van der Waals surface area (Å²) >= 11 is 0. The Morgan fingerprint density at radius 3 is 2.33 bits per heavy atom. The number of amides is 3. The molecule has 1 atom stereocenters. The molecule has 1 aromatic rings. The summed E-state index contributed by atoms with van der Waals surface area (Å²) in [5, 5.41) is 4.87. The molecular formula is C20H29N3O6S. The summed E-state index contributed by atoms with van der Waals surface area (Å²) in [5.74, 6) is -1.54. The van der Waals surface area contributed by atoms with Crippen molar-refractivity contribution in [3.8, 4) is 0 Å². The molecule has 2 rings (SSSR count). The van der Waals surface area contributed by atoms with E-state index in [2.05, 4.69) is 15.4 Å². The lowest BCUT2D eigenvalue weighted by atomic mass is 9.96. The van der Waals surface area contributed by atoms with Gasteiger partial charge in [-0.05, 0) is 50.5 Å². The average Bonchev–Trinajstić information content (AvgIpc) is 2.72. The lowest BCUT2D eigenvalue weighted by Gasteiger charge is -2.22. The number of rotatable bonds is 8. The highest BCUT2D eigenvalue weighted by Crippen LogP contribution is 2.17. The number of esters is 1. The molecule has 166 valence electrons. The monoisotopic (exact) mass is 439 g/mol. The van der Waals surface area contributed by atoms with Crippen molar-refractivity contribution in [1.29, 1.82) is 0 Å². The van der Waals surface area contributed by atoms with Crippen LogP contribution in [-0.2, 0) is 19.6 Å². The number of hydrogen-bond acceptors (Lipinski definition) is 6. The van der Waals surface area contributed by atoms with Crippen LogP contribution in [-0.4, -0.2) is 45.0 Å². The molecule has 10 heteroatoms. The Hall–Kier alpha value is -2.46. The van der Waals surface area contributed by atoms with Gasteiger partial charge in [0.15, 0.2) is 6.61 Å². The van der Waals surface area contributed by atoms with E-state index in [1.807, 2.05) is 6.92 Å². The summed E-state index contributed by atoms with van der Waals surface area (Å²) in [4.78, 5) is 35.7. The van der Waals surface area contributed by atoms with E-state index < -0.39 is 34.5 Å². The predicted molar refractivity (Wildman–Crippen MR) is 110 cm³/mol. The molecule has 1 aliphatic rings. The summed E-state index contributed by atoms with van der Waals surface area (Å²) in [6.45, 7) is 3.00. The van der Waals surface area contributed by atoms with E-state index in [1.165, 1.54) is 24.3 Å². The Morgan fingerprint density at radius 2 is 1.73 bits per heavy atom. The van der Waals surface area contributed by atoms with Gasteiger partial charge in [0, 0.05) is 12.1 Å². The fraction of sp³-hybridized carbons (Fsp3) is 0.550. The Labute approximate surface area is 177 Å². The first-order valence-electron chi connectivity index (χ1n) is 10.1. The first-order chi connectivity index (χ1) is 14.2. The van der Waals surface area contributed by atoms with Crippen LogP contribution in [0.2, 0.25) is 0 Å². The van der Waals surface area contributed by atoms with Crippen molar-refractivity contribution in [2.45, 2.75) is 69.4 Å². The normalized spacial score (nSPS) is 15.8. The van der Waals surface area contributed by atoms with Crippen LogP contribution in [0.25, 0.3) is 0 Å². The molecule has 0 heterocycles. The second-order valence-corrected chi connectivity index (χ2v) is 9.10. The number of benzene rings is 1. The van der Waals surface area contributed by atoms with E-state index in [0.717, 1.165) is 32.1 Å². The van der Waals surface area contributed by atoms with Crippen LogP contribution in [0.5, 0.6) is 0 Å². The quantitative estimate of drug-likeness (QED) is 0.532. The van der Waals surface area contributed by atoms with Gasteiger partial charge in [-0.15, -0.1) is 0 Å². The molecule has 0 bridgehead atoms. The molecule has 0 aliphatic heterocycles. The third kappa shape index (κ3) is 7.42. The van der Waals surface area contributed by atoms with E-state index in [1.54, 1.807) is 6.92 Å². The maximum absolute atomic E-state index is 12.2. The smallest absolute Gasteiger partial charge is 0.338 e. The Kier molecular flexibility index (Phi) is 8.79. The average molecular weight is 440 g/mol. The minimum atomic E-state index is -3.68. The molecule has 1 fully saturated rings. The van der Waals surface area contributed by atoms with Crippen LogP contribution < -0.4 is 15.4 Å². The highest BCUT2D eigenvalue weighted by molar-refractivity contribution is 7.89. The molecular weight excluding hydrogens is 410 g/mol. The van der Waals surface area contributed by atoms with Gasteiger partial charge in [-0.3, -0.25) is 10.1 Å². The lowest BCUT2D eigenvalue weighted by molar-refractivity contribution is -0.123. The zero-order valence-electron chi connectivity index (χ0n) is 17.3. The van der Waals surface area contributed by atoms with Gasteiger partial charge in [-0.25, -0.2) is 22.7 Å². The highest BCUT2D eigenvalue weighted by Gasteiger charge is 2.19. The van der Waals surface area contributed by atoms with Gasteiger partial charge in [-0.1, -0.05) is 26.2 Å². The highest BCUT2D eigenvalue weighted by atomic mass is 32.2. The molecule has 1 saturated carbocycles. The maximum atomic E-state index is 12.2. The molecule has 0 radical (unpaired) electrons. The SMILES string of the molecule is CCC(C)NS(=O)(=O)c1ccc(C(=O)OCC(=O)NC(=O)NC2CCCCC2)cc1. The molecule has 0 aromatic heterocycles. The maximum Gasteiger partial charge on any atom is 0.338 e. The van der Waals surface area contributed by atoms with Crippen LogP contribution in [0.3, 0.4) is 0 Å². The van der Waals surface area contributed by atoms with E-state index >= 15 is 0 Å². The third-order valence-electron chi connectivity index (χ3n) is 4.90. The lowest BCUT2D eigenvalue weighted by Crippen LogP contribution is -2.46. The zero-order chi connectivity index (χ0) is 22.1. The first-order valence-corrected chi connectivity index (χ1v) is 11.6. The fourth-order valence-corrected chi connectivity index (χ4v) is 4.36. The van der Waals surface area contributed by atoms with E-state index in [-0.39, 0.29) is 22.5 Å². The minimum absolute atomic E-state index is 0.0245. The summed E-state index contributed by atoms with van der Waals surface area (Å²) in [6, 6.07) is 4.43. The molecule has 1 unspecified atom stereocenters. The molecule has 9 nitrogen and oxygen atoms in total. The molecule has 0 saturated heterocycles. The van der Waals surface area contributed by atoms with Crippen LogP contribution in [0.1, 0.15) is 62.7 Å².